The first-order chi connectivity index (χ1) is 16.6. The van der Waals surface area contributed by atoms with E-state index >= 15 is 0 Å². The number of benzene rings is 1. The molecule has 3 rings (SSSR count). The molecule has 5 atom stereocenters. The van der Waals surface area contributed by atoms with Crippen molar-refractivity contribution < 1.29 is 42.4 Å². The Hall–Kier alpha value is -2.87. The molecule has 0 amide bonds. The maximum absolute atomic E-state index is 13.8. The number of azide groups is 1. The standard InChI is InChI=1S/C20H21ClF3N5O6/c1-3-34-19(32)11-7-13(17-18(33-2)15(26-28-25)16(31)14(8-30)35-17)29(27-11)12-6-9(21)4-5-10(12)20(22,23)24/h4-7,14-18,30-31H,3,8H2,1-2H3/t14-,15+,16+,17+,18-/m1/s1. The molecule has 190 valence electrons. The summed E-state index contributed by atoms with van der Waals surface area (Å²) in [6.45, 7) is 0.803. The summed E-state index contributed by atoms with van der Waals surface area (Å²) in [5.41, 5.74) is 6.84. The van der Waals surface area contributed by atoms with Crippen LogP contribution in [0, 0.1) is 0 Å². The molecule has 2 heterocycles. The SMILES string of the molecule is CCOC(=O)c1cc([C@@H]2O[C@H](CO)[C@H](O)[C@H](N=[N+]=[N-])[C@H]2OC)n(-c2cc(Cl)ccc2C(F)(F)F)n1. The van der Waals surface area contributed by atoms with Gasteiger partial charge in [0.15, 0.2) is 5.69 Å². The molecule has 1 saturated heterocycles. The van der Waals surface area contributed by atoms with E-state index in [1.807, 2.05) is 0 Å². The van der Waals surface area contributed by atoms with Crippen LogP contribution in [-0.4, -0.2) is 70.6 Å². The van der Waals surface area contributed by atoms with Crippen molar-refractivity contribution >= 4 is 17.6 Å². The van der Waals surface area contributed by atoms with Crippen LogP contribution in [0.25, 0.3) is 16.1 Å². The van der Waals surface area contributed by atoms with E-state index in [1.165, 1.54) is 14.0 Å². The highest BCUT2D eigenvalue weighted by Gasteiger charge is 2.47. The molecule has 0 unspecified atom stereocenters. The zero-order valence-electron chi connectivity index (χ0n) is 18.4. The number of alkyl halides is 3. The van der Waals surface area contributed by atoms with Crippen LogP contribution in [0.15, 0.2) is 29.4 Å². The predicted molar refractivity (Wildman–Crippen MR) is 114 cm³/mol. The molecule has 0 aliphatic carbocycles. The number of esters is 1. The Kier molecular flexibility index (Phi) is 8.26. The highest BCUT2D eigenvalue weighted by Crippen LogP contribution is 2.40. The van der Waals surface area contributed by atoms with Crippen LogP contribution in [0.4, 0.5) is 13.2 Å². The lowest BCUT2D eigenvalue weighted by atomic mass is 9.91. The van der Waals surface area contributed by atoms with E-state index in [0.29, 0.717) is 0 Å². The van der Waals surface area contributed by atoms with Gasteiger partial charge >= 0.3 is 12.1 Å². The van der Waals surface area contributed by atoms with Gasteiger partial charge in [-0.05, 0) is 36.7 Å². The maximum Gasteiger partial charge on any atom is 0.418 e. The van der Waals surface area contributed by atoms with Gasteiger partial charge < -0.3 is 24.4 Å². The van der Waals surface area contributed by atoms with Crippen molar-refractivity contribution in [1.29, 1.82) is 0 Å². The fourth-order valence-electron chi connectivity index (χ4n) is 3.80. The molecule has 1 aromatic heterocycles. The molecule has 1 aliphatic rings. The summed E-state index contributed by atoms with van der Waals surface area (Å²) < 4.78 is 58.4. The zero-order chi connectivity index (χ0) is 25.9. The lowest BCUT2D eigenvalue weighted by Gasteiger charge is -2.42. The van der Waals surface area contributed by atoms with Gasteiger partial charge in [-0.15, -0.1) is 0 Å². The van der Waals surface area contributed by atoms with Gasteiger partial charge in [-0.2, -0.15) is 18.3 Å². The van der Waals surface area contributed by atoms with Gasteiger partial charge in [-0.1, -0.05) is 16.7 Å². The molecule has 0 radical (unpaired) electrons. The molecule has 1 aromatic carbocycles. The molecule has 0 bridgehead atoms. The first-order valence-electron chi connectivity index (χ1n) is 10.2. The number of hydrogen-bond donors (Lipinski definition) is 2. The summed E-state index contributed by atoms with van der Waals surface area (Å²) in [5.74, 6) is -0.918. The number of aromatic nitrogens is 2. The van der Waals surface area contributed by atoms with Crippen LogP contribution in [-0.2, 0) is 20.4 Å². The summed E-state index contributed by atoms with van der Waals surface area (Å²) >= 11 is 5.98. The van der Waals surface area contributed by atoms with Crippen LogP contribution in [0.3, 0.4) is 0 Å². The van der Waals surface area contributed by atoms with Crippen molar-refractivity contribution in [1.82, 2.24) is 9.78 Å². The average Bonchev–Trinajstić information content (AvgIpc) is 3.25. The summed E-state index contributed by atoms with van der Waals surface area (Å²) in [4.78, 5) is 15.1. The maximum atomic E-state index is 13.8. The molecule has 1 fully saturated rings. The molecular formula is C20H21ClF3N5O6. The molecule has 1 aliphatic heterocycles. The Morgan fingerprint density at radius 3 is 2.69 bits per heavy atom. The number of nitrogens with zero attached hydrogens (tertiary/aromatic N) is 5. The largest absolute Gasteiger partial charge is 0.461 e. The summed E-state index contributed by atoms with van der Waals surface area (Å²) in [6, 6.07) is 2.65. The molecule has 15 heteroatoms. The average molecular weight is 520 g/mol. The highest BCUT2D eigenvalue weighted by atomic mass is 35.5. The molecule has 0 spiro atoms. The van der Waals surface area contributed by atoms with Crippen LogP contribution in [0.5, 0.6) is 0 Å². The lowest BCUT2D eigenvalue weighted by molar-refractivity contribution is -0.199. The van der Waals surface area contributed by atoms with Gasteiger partial charge in [0, 0.05) is 17.0 Å². The smallest absolute Gasteiger partial charge is 0.418 e. The molecule has 0 saturated carbocycles. The third-order valence-electron chi connectivity index (χ3n) is 5.33. The van der Waals surface area contributed by atoms with Gasteiger partial charge in [0.05, 0.1) is 42.3 Å². The van der Waals surface area contributed by atoms with Crippen LogP contribution in [0.1, 0.15) is 34.8 Å². The van der Waals surface area contributed by atoms with Gasteiger partial charge in [0.1, 0.15) is 18.3 Å². The van der Waals surface area contributed by atoms with Crippen molar-refractivity contribution in [3.05, 3.63) is 56.7 Å². The Labute approximate surface area is 201 Å². The van der Waals surface area contributed by atoms with Gasteiger partial charge in [0.25, 0.3) is 0 Å². The third kappa shape index (κ3) is 5.37. The van der Waals surface area contributed by atoms with E-state index in [9.17, 15) is 28.2 Å². The van der Waals surface area contributed by atoms with E-state index in [0.717, 1.165) is 28.9 Å². The second-order valence-electron chi connectivity index (χ2n) is 7.41. The van der Waals surface area contributed by atoms with E-state index in [-0.39, 0.29) is 23.0 Å². The lowest BCUT2D eigenvalue weighted by Crippen LogP contribution is -2.55. The minimum absolute atomic E-state index is 0.0235. The van der Waals surface area contributed by atoms with E-state index in [2.05, 4.69) is 15.1 Å². The van der Waals surface area contributed by atoms with Gasteiger partial charge in [-0.3, -0.25) is 0 Å². The number of methoxy groups -OCH3 is 1. The Morgan fingerprint density at radius 1 is 1.40 bits per heavy atom. The van der Waals surface area contributed by atoms with Crippen molar-refractivity contribution in [2.75, 3.05) is 20.3 Å². The first-order valence-corrected chi connectivity index (χ1v) is 10.6. The first kappa shape index (κ1) is 26.7. The summed E-state index contributed by atoms with van der Waals surface area (Å²) in [5, 5.41) is 27.7. The molecule has 11 nitrogen and oxygen atoms in total. The number of aliphatic hydroxyl groups is 2. The monoisotopic (exact) mass is 519 g/mol. The van der Waals surface area contributed by atoms with Gasteiger partial charge in [0.2, 0.25) is 0 Å². The Bertz CT molecular complexity index is 1120. The second-order valence-corrected chi connectivity index (χ2v) is 7.85. The summed E-state index contributed by atoms with van der Waals surface area (Å²) in [7, 11) is 1.21. The number of halogens is 4. The normalized spacial score (nSPS) is 24.6. The number of carbonyl (C=O) groups is 1. The zero-order valence-corrected chi connectivity index (χ0v) is 19.1. The minimum atomic E-state index is -4.82. The number of carbonyl (C=O) groups excluding carboxylic acids is 1. The van der Waals surface area contributed by atoms with E-state index in [4.69, 9.17) is 31.3 Å². The van der Waals surface area contributed by atoms with Crippen LogP contribution < -0.4 is 0 Å². The topological polar surface area (TPSA) is 152 Å². The van der Waals surface area contributed by atoms with E-state index in [1.54, 1.807) is 0 Å². The quantitative estimate of drug-likeness (QED) is 0.246. The fourth-order valence-corrected chi connectivity index (χ4v) is 3.97. The van der Waals surface area contributed by atoms with Crippen molar-refractivity contribution in [3.63, 3.8) is 0 Å². The number of hydrogen-bond acceptors (Lipinski definition) is 8. The third-order valence-corrected chi connectivity index (χ3v) is 5.57. The predicted octanol–water partition coefficient (Wildman–Crippen LogP) is 3.21. The Balaban J connectivity index is 2.28. The van der Waals surface area contributed by atoms with Crippen LogP contribution >= 0.6 is 11.6 Å². The van der Waals surface area contributed by atoms with E-state index < -0.39 is 60.5 Å². The molecular weight excluding hydrogens is 499 g/mol. The fraction of sp³-hybridized carbons (Fsp3) is 0.500. The number of ether oxygens (including phenoxy) is 3. The van der Waals surface area contributed by atoms with Crippen LogP contribution in [0.2, 0.25) is 5.02 Å². The Morgan fingerprint density at radius 2 is 2.11 bits per heavy atom. The summed E-state index contributed by atoms with van der Waals surface area (Å²) in [6.07, 6.45) is -10.2. The van der Waals surface area contributed by atoms with Gasteiger partial charge in [-0.25, -0.2) is 9.48 Å². The number of rotatable bonds is 7. The van der Waals surface area contributed by atoms with Crippen molar-refractivity contribution in [3.8, 4) is 5.69 Å². The molecule has 2 N–H and O–H groups in total. The highest BCUT2D eigenvalue weighted by molar-refractivity contribution is 6.30. The molecule has 2 aromatic rings. The van der Waals surface area contributed by atoms with Crippen molar-refractivity contribution in [2.24, 2.45) is 5.11 Å². The molecule has 35 heavy (non-hydrogen) atoms. The minimum Gasteiger partial charge on any atom is -0.461 e. The second kappa shape index (κ2) is 10.8. The number of aliphatic hydroxyl groups excluding tert-OH is 2. The van der Waals surface area contributed by atoms with Crippen molar-refractivity contribution in [2.45, 2.75) is 43.6 Å².